The van der Waals surface area contributed by atoms with Gasteiger partial charge in [-0.3, -0.25) is 0 Å². The molecule has 59 heavy (non-hydrogen) atoms. The molecule has 0 radical (unpaired) electrons. The van der Waals surface area contributed by atoms with Crippen molar-refractivity contribution in [2.45, 2.75) is 11.8 Å². The van der Waals surface area contributed by atoms with E-state index in [1.807, 2.05) is 22.7 Å². The highest BCUT2D eigenvalue weighted by Crippen LogP contribution is 2.62. The molecule has 0 spiro atoms. The summed E-state index contributed by atoms with van der Waals surface area (Å²) >= 11 is 3.82. The van der Waals surface area contributed by atoms with Crippen molar-refractivity contribution in [3.8, 4) is 22.3 Å². The fraction of sp³-hybridized carbons (Fsp3) is 0.0357. The Balaban J connectivity index is 1.14. The van der Waals surface area contributed by atoms with E-state index < -0.39 is 0 Å². The summed E-state index contributed by atoms with van der Waals surface area (Å²) < 4.78 is 5.30. The summed E-state index contributed by atoms with van der Waals surface area (Å²) in [4.78, 5) is 2.58. The first-order valence-electron chi connectivity index (χ1n) is 20.4. The average Bonchev–Trinajstić information content (AvgIpc) is 3.89. The van der Waals surface area contributed by atoms with Crippen LogP contribution >= 0.6 is 22.7 Å². The number of thiophene rings is 2. The second-order valence-corrected chi connectivity index (χ2v) is 18.0. The molecule has 14 rings (SSSR count). The highest BCUT2D eigenvalue weighted by molar-refractivity contribution is 7.26. The molecule has 1 nitrogen and oxygen atoms in total. The number of fused-ring (bicyclic) bond motifs is 6. The molecule has 0 aliphatic heterocycles. The average molecular weight is 786 g/mol. The first-order chi connectivity index (χ1) is 29.3. The van der Waals surface area contributed by atoms with Gasteiger partial charge in [-0.25, -0.2) is 0 Å². The van der Waals surface area contributed by atoms with Gasteiger partial charge in [-0.2, -0.15) is 0 Å². The van der Waals surface area contributed by atoms with Gasteiger partial charge in [0.05, 0.1) is 16.1 Å². The van der Waals surface area contributed by atoms with Crippen LogP contribution in [0.3, 0.4) is 0 Å². The van der Waals surface area contributed by atoms with Crippen LogP contribution in [0.5, 0.6) is 0 Å². The van der Waals surface area contributed by atoms with Gasteiger partial charge in [0.25, 0.3) is 0 Å². The summed E-state index contributed by atoms with van der Waals surface area (Å²) in [5.74, 6) is 0.177. The summed E-state index contributed by atoms with van der Waals surface area (Å²) in [5, 5.41) is 5.27. The van der Waals surface area contributed by atoms with Crippen molar-refractivity contribution in [3.05, 3.63) is 234 Å². The SMILES string of the molecule is c1ccc(-c2ccc(N(c3ccc(-c4cccc5c4sc4ccccc45)c4c3C3c5ccccc5C4c4ccccc43)c3cccc4c3sc3ccccc34)cc2)cc1. The molecule has 3 heteroatoms. The van der Waals surface area contributed by atoms with E-state index in [0.717, 1.165) is 5.69 Å². The van der Waals surface area contributed by atoms with Crippen LogP contribution in [0.2, 0.25) is 0 Å². The van der Waals surface area contributed by atoms with Crippen molar-refractivity contribution >= 4 is 80.1 Å². The van der Waals surface area contributed by atoms with E-state index in [4.69, 9.17) is 0 Å². The van der Waals surface area contributed by atoms with Gasteiger partial charge in [-0.05, 0) is 92.0 Å². The minimum atomic E-state index is 0.0756. The molecule has 3 aliphatic rings. The third-order valence-electron chi connectivity index (χ3n) is 12.9. The molecule has 0 fully saturated rings. The lowest BCUT2D eigenvalue weighted by Crippen LogP contribution is -2.30. The van der Waals surface area contributed by atoms with Crippen LogP contribution in [0.4, 0.5) is 17.1 Å². The molecule has 11 aromatic rings. The Morgan fingerprint density at radius 1 is 0.322 bits per heavy atom. The fourth-order valence-electron chi connectivity index (χ4n) is 10.4. The number of hydrogen-bond donors (Lipinski definition) is 0. The molecular weight excluding hydrogens is 751 g/mol. The van der Waals surface area contributed by atoms with Crippen LogP contribution in [0.1, 0.15) is 45.2 Å². The van der Waals surface area contributed by atoms with Gasteiger partial charge in [0, 0.05) is 53.2 Å². The quantitative estimate of drug-likeness (QED) is 0.168. The highest BCUT2D eigenvalue weighted by Gasteiger charge is 2.45. The maximum Gasteiger partial charge on any atom is 0.0640 e. The summed E-state index contributed by atoms with van der Waals surface area (Å²) in [6.07, 6.45) is 0. The standard InChI is InChI=1S/C56H35NS2/c1-2-14-34(15-3-1)35-28-30-36(31-29-35)57(48-25-13-24-45-38-17-9-11-27-50(38)59-56(45)48)47-33-32-43(46-23-12-22-44-37-16-8-10-26-49(37)58-55(44)46)53-51-39-18-4-6-20-41(39)52(54(47)53)42-21-7-5-19-40(42)51/h1-33,51-52H. The van der Waals surface area contributed by atoms with Crippen molar-refractivity contribution in [1.29, 1.82) is 0 Å². The van der Waals surface area contributed by atoms with Crippen molar-refractivity contribution in [1.82, 2.24) is 0 Å². The van der Waals surface area contributed by atoms with E-state index in [0.29, 0.717) is 0 Å². The van der Waals surface area contributed by atoms with Gasteiger partial charge in [0.15, 0.2) is 0 Å². The van der Waals surface area contributed by atoms with Crippen LogP contribution in [-0.4, -0.2) is 0 Å². The topological polar surface area (TPSA) is 3.24 Å². The Morgan fingerprint density at radius 2 is 0.831 bits per heavy atom. The van der Waals surface area contributed by atoms with E-state index in [-0.39, 0.29) is 11.8 Å². The van der Waals surface area contributed by atoms with Crippen molar-refractivity contribution in [2.75, 3.05) is 4.90 Å². The van der Waals surface area contributed by atoms with Crippen LogP contribution in [-0.2, 0) is 0 Å². The molecular formula is C56H35NS2. The summed E-state index contributed by atoms with van der Waals surface area (Å²) in [5.41, 5.74) is 17.2. The molecule has 0 atom stereocenters. The van der Waals surface area contributed by atoms with Crippen molar-refractivity contribution in [3.63, 3.8) is 0 Å². The lowest BCUT2D eigenvalue weighted by Gasteiger charge is -2.45. The van der Waals surface area contributed by atoms with E-state index >= 15 is 0 Å². The minimum Gasteiger partial charge on any atom is -0.309 e. The Bertz CT molecular complexity index is 3420. The lowest BCUT2D eigenvalue weighted by molar-refractivity contribution is 0.756. The molecule has 0 unspecified atom stereocenters. The van der Waals surface area contributed by atoms with Gasteiger partial charge >= 0.3 is 0 Å². The normalized spacial score (nSPS) is 15.1. The molecule has 0 saturated carbocycles. The zero-order valence-corrected chi connectivity index (χ0v) is 33.6. The van der Waals surface area contributed by atoms with Crippen molar-refractivity contribution < 1.29 is 0 Å². The second kappa shape index (κ2) is 12.9. The monoisotopic (exact) mass is 785 g/mol. The smallest absolute Gasteiger partial charge is 0.0640 e. The van der Waals surface area contributed by atoms with Gasteiger partial charge in [-0.15, -0.1) is 22.7 Å². The van der Waals surface area contributed by atoms with Crippen LogP contribution in [0.15, 0.2) is 200 Å². The molecule has 2 bridgehead atoms. The summed E-state index contributed by atoms with van der Waals surface area (Å²) in [6, 6.07) is 75.0. The lowest BCUT2D eigenvalue weighted by atomic mass is 9.59. The molecule has 0 N–H and O–H groups in total. The highest BCUT2D eigenvalue weighted by atomic mass is 32.1. The third-order valence-corrected chi connectivity index (χ3v) is 15.3. The predicted molar refractivity (Wildman–Crippen MR) is 253 cm³/mol. The van der Waals surface area contributed by atoms with Crippen molar-refractivity contribution in [2.24, 2.45) is 0 Å². The van der Waals surface area contributed by atoms with Gasteiger partial charge in [0.1, 0.15) is 0 Å². The number of hydrogen-bond acceptors (Lipinski definition) is 3. The zero-order chi connectivity index (χ0) is 38.6. The summed E-state index contributed by atoms with van der Waals surface area (Å²) in [6.45, 7) is 0. The van der Waals surface area contributed by atoms with Gasteiger partial charge in [0.2, 0.25) is 0 Å². The zero-order valence-electron chi connectivity index (χ0n) is 32.0. The Labute approximate surface area is 350 Å². The van der Waals surface area contributed by atoms with Gasteiger partial charge < -0.3 is 4.90 Å². The first-order valence-corrected chi connectivity index (χ1v) is 22.0. The largest absolute Gasteiger partial charge is 0.309 e. The van der Waals surface area contributed by atoms with Gasteiger partial charge in [-0.1, -0.05) is 164 Å². The fourth-order valence-corrected chi connectivity index (χ4v) is 12.8. The van der Waals surface area contributed by atoms with E-state index in [1.165, 1.54) is 107 Å². The van der Waals surface area contributed by atoms with Crippen LogP contribution < -0.4 is 4.90 Å². The maximum atomic E-state index is 2.58. The molecule has 2 heterocycles. The van der Waals surface area contributed by atoms with Crippen LogP contribution in [0, 0.1) is 0 Å². The Morgan fingerprint density at radius 3 is 1.49 bits per heavy atom. The number of rotatable bonds is 5. The maximum absolute atomic E-state index is 2.58. The van der Waals surface area contributed by atoms with E-state index in [1.54, 1.807) is 0 Å². The Hall–Kier alpha value is -6.78. The van der Waals surface area contributed by atoms with Crippen LogP contribution in [0.25, 0.3) is 62.6 Å². The third kappa shape index (κ3) is 4.83. The Kier molecular flexibility index (Phi) is 7.24. The first kappa shape index (κ1) is 33.2. The predicted octanol–water partition coefficient (Wildman–Crippen LogP) is 16.2. The molecule has 0 amide bonds. The molecule has 0 saturated heterocycles. The molecule has 9 aromatic carbocycles. The van der Waals surface area contributed by atoms with E-state index in [2.05, 4.69) is 205 Å². The molecule has 276 valence electrons. The second-order valence-electron chi connectivity index (χ2n) is 15.9. The molecule has 2 aromatic heterocycles. The number of anilines is 3. The minimum absolute atomic E-state index is 0.0756. The number of nitrogens with zero attached hydrogens (tertiary/aromatic N) is 1. The molecule has 3 aliphatic carbocycles. The summed E-state index contributed by atoms with van der Waals surface area (Å²) in [7, 11) is 0. The number of benzene rings is 9. The van der Waals surface area contributed by atoms with E-state index in [9.17, 15) is 0 Å².